The molecule has 24 heavy (non-hydrogen) atoms. The third-order valence-corrected chi connectivity index (χ3v) is 3.67. The quantitative estimate of drug-likeness (QED) is 0.572. The third-order valence-electron chi connectivity index (χ3n) is 2.89. The maximum absolute atomic E-state index is 11.8. The summed E-state index contributed by atoms with van der Waals surface area (Å²) in [5.41, 5.74) is 0.0892. The Morgan fingerprint density at radius 3 is 2.42 bits per heavy atom. The van der Waals surface area contributed by atoms with Gasteiger partial charge in [0.2, 0.25) is 0 Å². The number of carbonyl (C=O) groups excluding carboxylic acids is 3. The number of amides is 1. The van der Waals surface area contributed by atoms with Crippen molar-refractivity contribution in [3.63, 3.8) is 0 Å². The van der Waals surface area contributed by atoms with Gasteiger partial charge in [0.25, 0.3) is 0 Å². The van der Waals surface area contributed by atoms with Crippen LogP contribution in [0.5, 0.6) is 0 Å². The monoisotopic (exact) mass is 353 g/mol. The molecule has 1 aromatic rings. The number of hydrogen-bond acceptors (Lipinski definition) is 6. The molecule has 0 radical (unpaired) electrons. The van der Waals surface area contributed by atoms with Gasteiger partial charge in [-0.1, -0.05) is 42.1 Å². The van der Waals surface area contributed by atoms with Crippen LogP contribution in [0.25, 0.3) is 0 Å². The zero-order chi connectivity index (χ0) is 18.0. The first kappa shape index (κ1) is 20.0. The maximum atomic E-state index is 11.8. The van der Waals surface area contributed by atoms with Gasteiger partial charge in [-0.3, -0.25) is 9.59 Å². The van der Waals surface area contributed by atoms with Gasteiger partial charge in [0, 0.05) is 18.2 Å². The summed E-state index contributed by atoms with van der Waals surface area (Å²) in [6.45, 7) is 5.21. The molecule has 0 spiro atoms. The minimum Gasteiger partial charge on any atom is -0.465 e. The highest BCUT2D eigenvalue weighted by molar-refractivity contribution is 8.13. The molecule has 0 saturated heterocycles. The summed E-state index contributed by atoms with van der Waals surface area (Å²) < 4.78 is 10.2. The Bertz CT molecular complexity index is 559. The Kier molecular flexibility index (Phi) is 8.32. The first-order valence-corrected chi connectivity index (χ1v) is 8.55. The van der Waals surface area contributed by atoms with Crippen LogP contribution in [0.2, 0.25) is 0 Å². The molecule has 0 atom stereocenters. The van der Waals surface area contributed by atoms with E-state index in [0.717, 1.165) is 17.3 Å². The van der Waals surface area contributed by atoms with Gasteiger partial charge in [-0.05, 0) is 19.4 Å². The fourth-order valence-corrected chi connectivity index (χ4v) is 2.29. The van der Waals surface area contributed by atoms with Gasteiger partial charge in [-0.2, -0.15) is 0 Å². The Hall–Kier alpha value is -2.02. The molecule has 0 aliphatic carbocycles. The summed E-state index contributed by atoms with van der Waals surface area (Å²) >= 11 is 1.10. The molecule has 1 N–H and O–H groups in total. The van der Waals surface area contributed by atoms with Crippen molar-refractivity contribution in [2.24, 2.45) is 0 Å². The van der Waals surface area contributed by atoms with Crippen LogP contribution in [0.1, 0.15) is 32.8 Å². The van der Waals surface area contributed by atoms with Crippen LogP contribution >= 0.6 is 11.8 Å². The van der Waals surface area contributed by atoms with Crippen LogP contribution < -0.4 is 5.32 Å². The number of carbonyl (C=O) groups is 3. The number of thioether (sulfide) groups is 1. The highest BCUT2D eigenvalue weighted by atomic mass is 32.2. The van der Waals surface area contributed by atoms with Gasteiger partial charge < -0.3 is 14.8 Å². The average molecular weight is 353 g/mol. The van der Waals surface area contributed by atoms with E-state index in [1.165, 1.54) is 6.92 Å². The molecule has 1 rings (SSSR count). The molecule has 0 aliphatic rings. The second kappa shape index (κ2) is 9.97. The van der Waals surface area contributed by atoms with Crippen molar-refractivity contribution >= 4 is 28.9 Å². The lowest BCUT2D eigenvalue weighted by molar-refractivity contribution is -0.144. The van der Waals surface area contributed by atoms with Gasteiger partial charge in [-0.25, -0.2) is 4.79 Å². The van der Waals surface area contributed by atoms with Crippen molar-refractivity contribution in [2.75, 3.05) is 12.4 Å². The standard InChI is InChI=1S/C17H23NO5S/c1-13(19)24-10-9-22-15(20)11-17(2,3)18-16(21)23-12-14-7-5-4-6-8-14/h4-8H,9-12H2,1-3H3,(H,18,21). The van der Waals surface area contributed by atoms with E-state index in [2.05, 4.69) is 5.32 Å². The molecule has 0 aromatic heterocycles. The summed E-state index contributed by atoms with van der Waals surface area (Å²) in [5, 5.41) is 2.63. The first-order chi connectivity index (χ1) is 11.3. The van der Waals surface area contributed by atoms with Crippen molar-refractivity contribution < 1.29 is 23.9 Å². The van der Waals surface area contributed by atoms with Crippen LogP contribution in [-0.4, -0.2) is 35.1 Å². The lowest BCUT2D eigenvalue weighted by atomic mass is 10.0. The van der Waals surface area contributed by atoms with E-state index in [9.17, 15) is 14.4 Å². The molecule has 6 nitrogen and oxygen atoms in total. The molecule has 0 bridgehead atoms. The normalized spacial score (nSPS) is 10.8. The summed E-state index contributed by atoms with van der Waals surface area (Å²) in [5.74, 6) is -0.0128. The number of esters is 1. The van der Waals surface area contributed by atoms with E-state index in [4.69, 9.17) is 9.47 Å². The molecule has 1 amide bonds. The van der Waals surface area contributed by atoms with Crippen LogP contribution in [0.4, 0.5) is 4.79 Å². The van der Waals surface area contributed by atoms with E-state index in [-0.39, 0.29) is 24.7 Å². The number of ether oxygens (including phenoxy) is 2. The molecule has 7 heteroatoms. The molecule has 1 aromatic carbocycles. The van der Waals surface area contributed by atoms with E-state index in [1.54, 1.807) is 13.8 Å². The predicted octanol–water partition coefficient (Wildman–Crippen LogP) is 2.90. The Morgan fingerprint density at radius 1 is 1.12 bits per heavy atom. The summed E-state index contributed by atoms with van der Waals surface area (Å²) in [7, 11) is 0. The maximum Gasteiger partial charge on any atom is 0.407 e. The first-order valence-electron chi connectivity index (χ1n) is 7.56. The lowest BCUT2D eigenvalue weighted by Gasteiger charge is -2.24. The van der Waals surface area contributed by atoms with Crippen LogP contribution in [0, 0.1) is 0 Å². The summed E-state index contributed by atoms with van der Waals surface area (Å²) in [6, 6.07) is 9.32. The van der Waals surface area contributed by atoms with E-state index in [1.807, 2.05) is 30.3 Å². The van der Waals surface area contributed by atoms with E-state index < -0.39 is 17.6 Å². The zero-order valence-corrected chi connectivity index (χ0v) is 15.0. The highest BCUT2D eigenvalue weighted by Gasteiger charge is 2.25. The minimum absolute atomic E-state index is 0.0121. The molecule has 0 aliphatic heterocycles. The average Bonchev–Trinajstić information content (AvgIpc) is 2.49. The number of nitrogens with one attached hydrogen (secondary N) is 1. The Labute approximate surface area is 146 Å². The second-order valence-electron chi connectivity index (χ2n) is 5.81. The lowest BCUT2D eigenvalue weighted by Crippen LogP contribution is -2.45. The second-order valence-corrected chi connectivity index (χ2v) is 7.08. The van der Waals surface area contributed by atoms with Gasteiger partial charge >= 0.3 is 12.1 Å². The van der Waals surface area contributed by atoms with E-state index in [0.29, 0.717) is 5.75 Å². The van der Waals surface area contributed by atoms with Crippen LogP contribution in [-0.2, 0) is 25.7 Å². The van der Waals surface area contributed by atoms with E-state index >= 15 is 0 Å². The van der Waals surface area contributed by atoms with Crippen LogP contribution in [0.15, 0.2) is 30.3 Å². The van der Waals surface area contributed by atoms with Crippen molar-refractivity contribution in [1.29, 1.82) is 0 Å². The molecule has 132 valence electrons. The van der Waals surface area contributed by atoms with Gasteiger partial charge in [0.05, 0.1) is 6.42 Å². The number of rotatable bonds is 8. The topological polar surface area (TPSA) is 81.7 Å². The molecule has 0 heterocycles. The fourth-order valence-electron chi connectivity index (χ4n) is 1.83. The molecule has 0 saturated carbocycles. The SMILES string of the molecule is CC(=O)SCCOC(=O)CC(C)(C)NC(=O)OCc1ccccc1. The largest absolute Gasteiger partial charge is 0.465 e. The Balaban J connectivity index is 2.29. The van der Waals surface area contributed by atoms with Crippen molar-refractivity contribution in [3.05, 3.63) is 35.9 Å². The molecule has 0 fully saturated rings. The fraction of sp³-hybridized carbons (Fsp3) is 0.471. The van der Waals surface area contributed by atoms with Gasteiger partial charge in [0.1, 0.15) is 13.2 Å². The minimum atomic E-state index is -0.793. The van der Waals surface area contributed by atoms with Crippen molar-refractivity contribution in [2.45, 2.75) is 39.3 Å². The highest BCUT2D eigenvalue weighted by Crippen LogP contribution is 2.11. The van der Waals surface area contributed by atoms with Crippen LogP contribution in [0.3, 0.4) is 0 Å². The smallest absolute Gasteiger partial charge is 0.407 e. The number of hydrogen-bond donors (Lipinski definition) is 1. The zero-order valence-electron chi connectivity index (χ0n) is 14.2. The van der Waals surface area contributed by atoms with Gasteiger partial charge in [-0.15, -0.1) is 0 Å². The van der Waals surface area contributed by atoms with Crippen molar-refractivity contribution in [3.8, 4) is 0 Å². The molecular formula is C17H23NO5S. The molecule has 0 unspecified atom stereocenters. The summed E-state index contributed by atoms with van der Waals surface area (Å²) in [6.07, 6.45) is -0.582. The number of benzene rings is 1. The third kappa shape index (κ3) is 9.19. The Morgan fingerprint density at radius 2 is 1.79 bits per heavy atom. The van der Waals surface area contributed by atoms with Crippen molar-refractivity contribution in [1.82, 2.24) is 5.32 Å². The number of alkyl carbamates (subject to hydrolysis) is 1. The molecular weight excluding hydrogens is 330 g/mol. The summed E-state index contributed by atoms with van der Waals surface area (Å²) in [4.78, 5) is 34.3. The van der Waals surface area contributed by atoms with Gasteiger partial charge in [0.15, 0.2) is 5.12 Å². The predicted molar refractivity (Wildman–Crippen MR) is 92.6 cm³/mol.